The summed E-state index contributed by atoms with van der Waals surface area (Å²) in [7, 11) is 0. The fraction of sp³-hybridized carbons (Fsp3) is 0.846. The number of nitrogens with zero attached hydrogens (tertiary/aromatic N) is 3. The Morgan fingerprint density at radius 1 is 1.19 bits per heavy atom. The molecule has 0 saturated carbocycles. The fourth-order valence-electron chi connectivity index (χ4n) is 2.00. The van der Waals surface area contributed by atoms with E-state index in [-0.39, 0.29) is 0 Å². The molecule has 0 aromatic carbocycles. The van der Waals surface area contributed by atoms with Gasteiger partial charge >= 0.3 is 0 Å². The first-order valence-electron chi connectivity index (χ1n) is 6.49. The van der Waals surface area contributed by atoms with Crippen LogP contribution in [0.2, 0.25) is 0 Å². The minimum absolute atomic E-state index is 0.418. The maximum Gasteiger partial charge on any atom is 0.0859 e. The second-order valence-electron chi connectivity index (χ2n) is 5.16. The molecule has 0 unspecified atom stereocenters. The number of aryl methyl sites for hydroxylation is 1. The highest BCUT2D eigenvalue weighted by molar-refractivity contribution is 5.10. The second-order valence-corrected chi connectivity index (χ2v) is 5.16. The molecule has 0 spiro atoms. The topological polar surface area (TPSA) is 30.7 Å². The van der Waals surface area contributed by atoms with E-state index in [4.69, 9.17) is 0 Å². The van der Waals surface area contributed by atoms with Crippen LogP contribution in [0.1, 0.15) is 64.9 Å². The lowest BCUT2D eigenvalue weighted by molar-refractivity contribution is 0.496. The van der Waals surface area contributed by atoms with Gasteiger partial charge in [0.1, 0.15) is 0 Å². The van der Waals surface area contributed by atoms with Gasteiger partial charge in [0, 0.05) is 6.04 Å². The Bertz CT molecular complexity index is 313. The number of hydrogen-bond donors (Lipinski definition) is 0. The molecule has 3 nitrogen and oxygen atoms in total. The molecule has 0 atom stereocenters. The minimum atomic E-state index is 0.418. The normalized spacial score (nSPS) is 11.7. The van der Waals surface area contributed by atoms with Gasteiger partial charge in [-0.1, -0.05) is 32.4 Å². The van der Waals surface area contributed by atoms with Crippen molar-refractivity contribution < 1.29 is 0 Å². The van der Waals surface area contributed by atoms with Crippen molar-refractivity contribution >= 4 is 0 Å². The zero-order valence-electron chi connectivity index (χ0n) is 11.3. The smallest absolute Gasteiger partial charge is 0.0859 e. The second kappa shape index (κ2) is 6.02. The van der Waals surface area contributed by atoms with Crippen LogP contribution in [0.5, 0.6) is 0 Å². The number of aromatic nitrogens is 3. The summed E-state index contributed by atoms with van der Waals surface area (Å²) in [6, 6.07) is 0.418. The maximum atomic E-state index is 4.32. The van der Waals surface area contributed by atoms with E-state index >= 15 is 0 Å². The first-order valence-corrected chi connectivity index (χ1v) is 6.49. The molecule has 1 aromatic heterocycles. The molecule has 1 heterocycles. The van der Waals surface area contributed by atoms with E-state index in [0.717, 1.165) is 18.8 Å². The quantitative estimate of drug-likeness (QED) is 0.740. The molecule has 0 radical (unpaired) electrons. The van der Waals surface area contributed by atoms with E-state index in [9.17, 15) is 0 Å². The third-order valence-electron chi connectivity index (χ3n) is 2.89. The molecular weight excluding hydrogens is 198 g/mol. The van der Waals surface area contributed by atoms with Crippen LogP contribution in [-0.4, -0.2) is 15.0 Å². The summed E-state index contributed by atoms with van der Waals surface area (Å²) in [5.74, 6) is 0.783. The number of rotatable bonds is 6. The summed E-state index contributed by atoms with van der Waals surface area (Å²) in [5, 5.41) is 8.57. The highest BCUT2D eigenvalue weighted by Crippen LogP contribution is 2.15. The van der Waals surface area contributed by atoms with E-state index in [1.54, 1.807) is 0 Å². The van der Waals surface area contributed by atoms with Crippen LogP contribution in [0.4, 0.5) is 0 Å². The highest BCUT2D eigenvalue weighted by Gasteiger charge is 2.12. The SMILES string of the molecule is CCc1c(CCCC(C)C)nnn1C(C)C. The summed E-state index contributed by atoms with van der Waals surface area (Å²) in [6.07, 6.45) is 4.61. The van der Waals surface area contributed by atoms with Crippen LogP contribution < -0.4 is 0 Å². The van der Waals surface area contributed by atoms with E-state index in [0.29, 0.717) is 6.04 Å². The van der Waals surface area contributed by atoms with Gasteiger partial charge < -0.3 is 0 Å². The summed E-state index contributed by atoms with van der Waals surface area (Å²) in [6.45, 7) is 11.0. The van der Waals surface area contributed by atoms with Gasteiger partial charge in [-0.15, -0.1) is 5.10 Å². The lowest BCUT2D eigenvalue weighted by atomic mass is 10.0. The molecular formula is C13H25N3. The molecule has 0 aliphatic carbocycles. The van der Waals surface area contributed by atoms with Crippen molar-refractivity contribution in [1.82, 2.24) is 15.0 Å². The molecule has 0 aliphatic heterocycles. The van der Waals surface area contributed by atoms with Crippen LogP contribution in [0.3, 0.4) is 0 Å². The van der Waals surface area contributed by atoms with Crippen LogP contribution in [0, 0.1) is 5.92 Å². The number of hydrogen-bond acceptors (Lipinski definition) is 2. The van der Waals surface area contributed by atoms with Crippen molar-refractivity contribution in [2.24, 2.45) is 5.92 Å². The van der Waals surface area contributed by atoms with Gasteiger partial charge in [0.25, 0.3) is 0 Å². The van der Waals surface area contributed by atoms with E-state index in [2.05, 4.69) is 49.6 Å². The highest BCUT2D eigenvalue weighted by atomic mass is 15.4. The molecule has 0 saturated heterocycles. The average Bonchev–Trinajstić information content (AvgIpc) is 2.60. The molecule has 0 aliphatic rings. The summed E-state index contributed by atoms with van der Waals surface area (Å²) >= 11 is 0. The van der Waals surface area contributed by atoms with Gasteiger partial charge in [0.05, 0.1) is 11.4 Å². The molecule has 1 rings (SSSR count). The monoisotopic (exact) mass is 223 g/mol. The molecule has 92 valence electrons. The predicted molar refractivity (Wildman–Crippen MR) is 67.6 cm³/mol. The van der Waals surface area contributed by atoms with E-state index in [1.165, 1.54) is 24.2 Å². The first-order chi connectivity index (χ1) is 7.56. The third kappa shape index (κ3) is 3.32. The molecule has 16 heavy (non-hydrogen) atoms. The van der Waals surface area contributed by atoms with Crippen molar-refractivity contribution in [2.45, 2.75) is 66.3 Å². The van der Waals surface area contributed by atoms with Crippen LogP contribution in [0.25, 0.3) is 0 Å². The van der Waals surface area contributed by atoms with E-state index < -0.39 is 0 Å². The Labute approximate surface area is 99.2 Å². The van der Waals surface area contributed by atoms with Gasteiger partial charge in [-0.25, -0.2) is 4.68 Å². The lowest BCUT2D eigenvalue weighted by Crippen LogP contribution is -2.07. The molecule has 0 fully saturated rings. The van der Waals surface area contributed by atoms with E-state index in [1.807, 2.05) is 0 Å². The third-order valence-corrected chi connectivity index (χ3v) is 2.89. The average molecular weight is 223 g/mol. The van der Waals surface area contributed by atoms with Crippen LogP contribution >= 0.6 is 0 Å². The van der Waals surface area contributed by atoms with Gasteiger partial charge in [0.15, 0.2) is 0 Å². The maximum absolute atomic E-state index is 4.32. The van der Waals surface area contributed by atoms with Gasteiger partial charge in [-0.3, -0.25) is 0 Å². The Balaban J connectivity index is 2.66. The molecule has 1 aromatic rings. The molecule has 3 heteroatoms. The lowest BCUT2D eigenvalue weighted by Gasteiger charge is -2.09. The minimum Gasteiger partial charge on any atom is -0.247 e. The zero-order chi connectivity index (χ0) is 12.1. The predicted octanol–water partition coefficient (Wildman–Crippen LogP) is 3.40. The van der Waals surface area contributed by atoms with Crippen molar-refractivity contribution in [1.29, 1.82) is 0 Å². The first kappa shape index (κ1) is 13.2. The standard InChI is InChI=1S/C13H25N3/c1-6-13-12(9-7-8-10(2)3)14-15-16(13)11(4)5/h10-11H,6-9H2,1-5H3. The summed E-state index contributed by atoms with van der Waals surface area (Å²) in [4.78, 5) is 0. The Morgan fingerprint density at radius 2 is 1.88 bits per heavy atom. The largest absolute Gasteiger partial charge is 0.247 e. The Kier molecular flexibility index (Phi) is 4.97. The van der Waals surface area contributed by atoms with Crippen molar-refractivity contribution in [3.05, 3.63) is 11.4 Å². The van der Waals surface area contributed by atoms with Crippen molar-refractivity contribution in [3.63, 3.8) is 0 Å². The Hall–Kier alpha value is -0.860. The fourth-order valence-corrected chi connectivity index (χ4v) is 2.00. The summed E-state index contributed by atoms with van der Waals surface area (Å²) < 4.78 is 2.06. The molecule has 0 N–H and O–H groups in total. The van der Waals surface area contributed by atoms with Gasteiger partial charge in [-0.05, 0) is 39.0 Å². The van der Waals surface area contributed by atoms with Gasteiger partial charge in [-0.2, -0.15) is 0 Å². The van der Waals surface area contributed by atoms with Crippen LogP contribution in [0.15, 0.2) is 0 Å². The van der Waals surface area contributed by atoms with Crippen LogP contribution in [-0.2, 0) is 12.8 Å². The Morgan fingerprint density at radius 3 is 2.38 bits per heavy atom. The summed E-state index contributed by atoms with van der Waals surface area (Å²) in [5.41, 5.74) is 2.52. The molecule has 0 bridgehead atoms. The molecule has 0 amide bonds. The van der Waals surface area contributed by atoms with Crippen molar-refractivity contribution in [2.75, 3.05) is 0 Å². The van der Waals surface area contributed by atoms with Gasteiger partial charge in [0.2, 0.25) is 0 Å². The zero-order valence-corrected chi connectivity index (χ0v) is 11.3. The van der Waals surface area contributed by atoms with Crippen molar-refractivity contribution in [3.8, 4) is 0 Å².